The minimum Gasteiger partial charge on any atom is -0.491 e. The van der Waals surface area contributed by atoms with Crippen molar-refractivity contribution in [1.29, 1.82) is 0 Å². The predicted octanol–water partition coefficient (Wildman–Crippen LogP) is 3.36. The van der Waals surface area contributed by atoms with Gasteiger partial charge in [0.05, 0.1) is 12.5 Å². The molecule has 1 aliphatic heterocycles. The number of hydrogen-bond donors (Lipinski definition) is 1. The molecule has 0 bridgehead atoms. The van der Waals surface area contributed by atoms with Gasteiger partial charge in [0.15, 0.2) is 0 Å². The number of benzene rings is 1. The van der Waals surface area contributed by atoms with Gasteiger partial charge in [-0.05, 0) is 86.4 Å². The number of pyridine rings is 1. The van der Waals surface area contributed by atoms with E-state index in [0.29, 0.717) is 39.5 Å². The van der Waals surface area contributed by atoms with Crippen LogP contribution in [-0.4, -0.2) is 68.5 Å². The molecule has 1 N–H and O–H groups in total. The largest absolute Gasteiger partial charge is 0.491 e. The Bertz CT molecular complexity index is 1090. The molecule has 1 aromatic carbocycles. The van der Waals surface area contributed by atoms with Crippen LogP contribution in [0.25, 0.3) is 0 Å². The summed E-state index contributed by atoms with van der Waals surface area (Å²) in [5, 5.41) is 3.43. The van der Waals surface area contributed by atoms with Crippen LogP contribution in [0, 0.1) is 5.92 Å². The Labute approximate surface area is 226 Å². The van der Waals surface area contributed by atoms with Gasteiger partial charge in [-0.2, -0.15) is 0 Å². The molecule has 1 unspecified atom stereocenters. The third-order valence-electron chi connectivity index (χ3n) is 7.61. The van der Waals surface area contributed by atoms with Crippen molar-refractivity contribution in [3.05, 3.63) is 63.6 Å². The van der Waals surface area contributed by atoms with E-state index < -0.39 is 0 Å². The highest BCUT2D eigenvalue weighted by atomic mass is 16.5. The number of aromatic nitrogens is 1. The fourth-order valence-corrected chi connectivity index (χ4v) is 5.43. The third-order valence-corrected chi connectivity index (χ3v) is 7.61. The number of piperidine rings is 1. The van der Waals surface area contributed by atoms with Gasteiger partial charge in [-0.25, -0.2) is 0 Å². The minimum atomic E-state index is -0.191. The Morgan fingerprint density at radius 3 is 2.55 bits per heavy atom. The minimum absolute atomic E-state index is 0.0000658. The van der Waals surface area contributed by atoms with Crippen molar-refractivity contribution in [1.82, 2.24) is 14.8 Å². The molecule has 2 aliphatic rings. The first-order chi connectivity index (χ1) is 18.5. The van der Waals surface area contributed by atoms with Crippen LogP contribution in [0.15, 0.2) is 41.3 Å². The topological polar surface area (TPSA) is 82.0 Å². The van der Waals surface area contributed by atoms with E-state index in [1.165, 1.54) is 5.56 Å². The van der Waals surface area contributed by atoms with Crippen molar-refractivity contribution >= 4 is 5.91 Å². The lowest BCUT2D eigenvalue weighted by Crippen LogP contribution is -2.47. The number of nitrogens with zero attached hydrogens (tertiary/aromatic N) is 2. The molecule has 8 heteroatoms. The van der Waals surface area contributed by atoms with Gasteiger partial charge >= 0.3 is 0 Å². The van der Waals surface area contributed by atoms with Crippen LogP contribution in [-0.2, 0) is 33.8 Å². The van der Waals surface area contributed by atoms with Crippen LogP contribution < -0.4 is 15.6 Å². The number of hydrogen-bond acceptors (Lipinski definition) is 6. The first-order valence-corrected chi connectivity index (χ1v) is 14.0. The van der Waals surface area contributed by atoms with E-state index in [1.54, 1.807) is 24.9 Å². The van der Waals surface area contributed by atoms with E-state index in [0.717, 1.165) is 55.5 Å². The second-order valence-electron chi connectivity index (χ2n) is 10.4. The molecule has 38 heavy (non-hydrogen) atoms. The Morgan fingerprint density at radius 2 is 1.84 bits per heavy atom. The molecular formula is C30H43N3O5. The summed E-state index contributed by atoms with van der Waals surface area (Å²) in [5.74, 6) is 0.834. The lowest BCUT2D eigenvalue weighted by Gasteiger charge is -2.36. The van der Waals surface area contributed by atoms with E-state index in [4.69, 9.17) is 14.2 Å². The van der Waals surface area contributed by atoms with Crippen molar-refractivity contribution in [3.8, 4) is 5.75 Å². The fourth-order valence-electron chi connectivity index (χ4n) is 5.43. The summed E-state index contributed by atoms with van der Waals surface area (Å²) in [6.07, 6.45) is 6.59. The van der Waals surface area contributed by atoms with Crippen LogP contribution >= 0.6 is 0 Å². The van der Waals surface area contributed by atoms with Crippen LogP contribution in [0.3, 0.4) is 0 Å². The summed E-state index contributed by atoms with van der Waals surface area (Å²) in [4.78, 5) is 28.7. The summed E-state index contributed by atoms with van der Waals surface area (Å²) < 4.78 is 18.1. The first kappa shape index (κ1) is 28.3. The first-order valence-electron chi connectivity index (χ1n) is 14.0. The van der Waals surface area contributed by atoms with Gasteiger partial charge in [-0.1, -0.05) is 6.07 Å². The molecule has 0 spiro atoms. The van der Waals surface area contributed by atoms with Crippen molar-refractivity contribution in [2.75, 3.05) is 47.1 Å². The van der Waals surface area contributed by atoms with Gasteiger partial charge in [0.25, 0.3) is 5.56 Å². The Hall–Kier alpha value is -2.68. The van der Waals surface area contributed by atoms with E-state index in [1.807, 2.05) is 19.2 Å². The highest BCUT2D eigenvalue weighted by Gasteiger charge is 2.40. The standard InChI is InChI=1S/C30H43N3O5/c1-4-32-12-10-24(19-29(32)34)27-9-11-31-20-28(27)30(35)33(25-7-8-25)21-23-16-22(6-5-13-36-2)17-26(18-23)38-15-14-37-3/h10,12,16-19,25,27-28,31H,4-9,11,13-15,20-21H2,1-3H3/t27?,28-/m0/s1. The molecule has 1 amide bonds. The maximum atomic E-state index is 14.1. The molecule has 1 aliphatic carbocycles. The number of nitrogens with one attached hydrogen (secondary N) is 1. The summed E-state index contributed by atoms with van der Waals surface area (Å²) in [6.45, 7) is 6.35. The average Bonchev–Trinajstić information content (AvgIpc) is 3.77. The predicted molar refractivity (Wildman–Crippen MR) is 148 cm³/mol. The van der Waals surface area contributed by atoms with Crippen LogP contribution in [0.4, 0.5) is 0 Å². The van der Waals surface area contributed by atoms with Crippen LogP contribution in [0.1, 0.15) is 55.2 Å². The lowest BCUT2D eigenvalue weighted by atomic mass is 9.80. The summed E-state index contributed by atoms with van der Waals surface area (Å²) in [5.41, 5.74) is 3.24. The summed E-state index contributed by atoms with van der Waals surface area (Å²) in [6, 6.07) is 10.4. The van der Waals surface area contributed by atoms with Crippen molar-refractivity contribution in [2.45, 2.75) is 64.1 Å². The molecule has 2 atom stereocenters. The molecule has 4 rings (SSSR count). The van der Waals surface area contributed by atoms with Gasteiger partial charge in [0.1, 0.15) is 12.4 Å². The summed E-state index contributed by atoms with van der Waals surface area (Å²) in [7, 11) is 3.38. The zero-order valence-electron chi connectivity index (χ0n) is 23.1. The molecule has 208 valence electrons. The van der Waals surface area contributed by atoms with Gasteiger partial charge in [0.2, 0.25) is 5.91 Å². The maximum Gasteiger partial charge on any atom is 0.250 e. The molecule has 2 fully saturated rings. The van der Waals surface area contributed by atoms with Crippen LogP contribution in [0.2, 0.25) is 0 Å². The van der Waals surface area contributed by atoms with Gasteiger partial charge in [0, 0.05) is 58.8 Å². The molecule has 0 radical (unpaired) electrons. The van der Waals surface area contributed by atoms with E-state index in [9.17, 15) is 9.59 Å². The SMILES string of the molecule is CCn1ccc(C2CCNC[C@@H]2C(=O)N(Cc2cc(CCCOC)cc(OCCOC)c2)C2CC2)cc1=O. The van der Waals surface area contributed by atoms with Crippen molar-refractivity contribution in [3.63, 3.8) is 0 Å². The van der Waals surface area contributed by atoms with E-state index in [-0.39, 0.29) is 29.3 Å². The monoisotopic (exact) mass is 525 g/mol. The average molecular weight is 526 g/mol. The van der Waals surface area contributed by atoms with Gasteiger partial charge in [-0.3, -0.25) is 9.59 Å². The molecular weight excluding hydrogens is 482 g/mol. The summed E-state index contributed by atoms with van der Waals surface area (Å²) >= 11 is 0. The second kappa shape index (κ2) is 13.9. The zero-order chi connectivity index (χ0) is 26.9. The number of ether oxygens (including phenoxy) is 3. The Kier molecular flexibility index (Phi) is 10.4. The zero-order valence-corrected chi connectivity index (χ0v) is 23.1. The lowest BCUT2D eigenvalue weighted by molar-refractivity contribution is -0.138. The van der Waals surface area contributed by atoms with Crippen molar-refractivity contribution < 1.29 is 19.0 Å². The number of amides is 1. The quantitative estimate of drug-likeness (QED) is 0.381. The molecule has 1 saturated carbocycles. The Morgan fingerprint density at radius 1 is 1.05 bits per heavy atom. The molecule has 2 heterocycles. The number of methoxy groups -OCH3 is 2. The number of carbonyl (C=O) groups excluding carboxylic acids is 1. The normalized spacial score (nSPS) is 19.3. The van der Waals surface area contributed by atoms with Crippen molar-refractivity contribution in [2.24, 2.45) is 5.92 Å². The van der Waals surface area contributed by atoms with Gasteiger partial charge < -0.3 is 29.0 Å². The van der Waals surface area contributed by atoms with E-state index >= 15 is 0 Å². The fraction of sp³-hybridized carbons (Fsp3) is 0.600. The van der Waals surface area contributed by atoms with Gasteiger partial charge in [-0.15, -0.1) is 0 Å². The molecule has 2 aromatic rings. The third kappa shape index (κ3) is 7.46. The number of aryl methyl sites for hydroxylation is 2. The Balaban J connectivity index is 1.55. The second-order valence-corrected chi connectivity index (χ2v) is 10.4. The maximum absolute atomic E-state index is 14.1. The highest BCUT2D eigenvalue weighted by Crippen LogP contribution is 2.36. The van der Waals surface area contributed by atoms with E-state index in [2.05, 4.69) is 28.4 Å². The highest BCUT2D eigenvalue weighted by molar-refractivity contribution is 5.81. The number of carbonyl (C=O) groups is 1. The number of rotatable bonds is 14. The molecule has 8 nitrogen and oxygen atoms in total. The molecule has 1 aromatic heterocycles. The molecule has 1 saturated heterocycles. The smallest absolute Gasteiger partial charge is 0.250 e. The van der Waals surface area contributed by atoms with Crippen LogP contribution in [0.5, 0.6) is 5.75 Å².